The summed E-state index contributed by atoms with van der Waals surface area (Å²) in [6, 6.07) is 13.6. The molecule has 0 saturated heterocycles. The standard InChI is InChI=1S/C31H34N2O10/c1-36-25-7-3-5-21-19-32-23-17-27(40-15-13-38-11-9-34)28(41-16-14-39-12-10-35)18-24(23)33-20-22-6-4-8-26(37-2)30(22)43-31(32,33)42-29(21)25/h3-8,17-20,34-35H,9-16H2,1-2H3/q+2. The minimum atomic E-state index is -1.49. The van der Waals surface area contributed by atoms with Crippen LogP contribution in [0, 0.1) is 0 Å². The molecule has 0 fully saturated rings. The molecule has 6 rings (SSSR count). The van der Waals surface area contributed by atoms with E-state index >= 15 is 0 Å². The van der Waals surface area contributed by atoms with Crippen LogP contribution in [0.25, 0.3) is 0 Å². The van der Waals surface area contributed by atoms with Gasteiger partial charge in [-0.05, 0) is 33.4 Å². The van der Waals surface area contributed by atoms with E-state index in [1.54, 1.807) is 14.2 Å². The number of methoxy groups -OCH3 is 2. The van der Waals surface area contributed by atoms with Crippen LogP contribution in [0.15, 0.2) is 48.5 Å². The molecule has 3 aliphatic rings. The van der Waals surface area contributed by atoms with Crippen LogP contribution < -0.4 is 28.4 Å². The SMILES string of the molecule is COc1cccc2c1OC13Oc4c(cccc4OC)C=[N+]1c1cc(OCCOCCO)c(OCCOCCO)cc1[N+]3=C2. The highest BCUT2D eigenvalue weighted by Crippen LogP contribution is 2.54. The van der Waals surface area contributed by atoms with Crippen LogP contribution >= 0.6 is 0 Å². The molecular weight excluding hydrogens is 560 g/mol. The zero-order valence-electron chi connectivity index (χ0n) is 24.0. The second-order valence-corrected chi connectivity index (χ2v) is 9.66. The van der Waals surface area contributed by atoms with Crippen LogP contribution in [-0.2, 0) is 9.47 Å². The van der Waals surface area contributed by atoms with Crippen molar-refractivity contribution in [1.29, 1.82) is 0 Å². The van der Waals surface area contributed by atoms with Crippen molar-refractivity contribution in [3.05, 3.63) is 59.7 Å². The Morgan fingerprint density at radius 1 is 0.628 bits per heavy atom. The second kappa shape index (κ2) is 12.5. The fraction of sp³-hybridized carbons (Fsp3) is 0.355. The molecule has 0 bridgehead atoms. The Labute approximate surface area is 248 Å². The maximum Gasteiger partial charge on any atom is 0.715 e. The first-order chi connectivity index (χ1) is 21.1. The zero-order valence-corrected chi connectivity index (χ0v) is 24.0. The van der Waals surface area contributed by atoms with Gasteiger partial charge in [0.05, 0.1) is 77.1 Å². The molecule has 0 saturated carbocycles. The quantitative estimate of drug-likeness (QED) is 0.213. The van der Waals surface area contributed by atoms with E-state index in [0.29, 0.717) is 34.5 Å². The van der Waals surface area contributed by atoms with Crippen molar-refractivity contribution in [1.82, 2.24) is 0 Å². The van der Waals surface area contributed by atoms with Crippen LogP contribution in [0.5, 0.6) is 34.5 Å². The van der Waals surface area contributed by atoms with Crippen LogP contribution in [0.4, 0.5) is 11.4 Å². The monoisotopic (exact) mass is 594 g/mol. The topological polar surface area (TPSA) is 120 Å². The number of hydrogen-bond acceptors (Lipinski definition) is 10. The average molecular weight is 595 g/mol. The number of aliphatic hydroxyl groups is 2. The van der Waals surface area contributed by atoms with Gasteiger partial charge in [0.2, 0.25) is 0 Å². The molecule has 3 aromatic rings. The molecule has 43 heavy (non-hydrogen) atoms. The van der Waals surface area contributed by atoms with Gasteiger partial charge in [0.25, 0.3) is 11.4 Å². The molecule has 1 spiro atoms. The van der Waals surface area contributed by atoms with Crippen LogP contribution in [0.1, 0.15) is 11.1 Å². The van der Waals surface area contributed by atoms with Gasteiger partial charge in [0.15, 0.2) is 46.9 Å². The number of hydrogen-bond donors (Lipinski definition) is 2. The molecule has 0 unspecified atom stereocenters. The summed E-state index contributed by atoms with van der Waals surface area (Å²) in [5, 5.41) is 18.1. The molecular formula is C31H34N2O10+2. The van der Waals surface area contributed by atoms with Crippen molar-refractivity contribution >= 4 is 23.8 Å². The number of benzene rings is 3. The van der Waals surface area contributed by atoms with E-state index in [0.717, 1.165) is 22.5 Å². The molecule has 3 aromatic carbocycles. The van der Waals surface area contributed by atoms with Gasteiger partial charge in [-0.25, -0.2) is 0 Å². The minimum absolute atomic E-state index is 0.0697. The summed E-state index contributed by atoms with van der Waals surface area (Å²) in [6.07, 6.45) is 3.90. The Bertz CT molecular complexity index is 1440. The lowest BCUT2D eigenvalue weighted by atomic mass is 10.1. The smallest absolute Gasteiger partial charge is 0.493 e. The maximum atomic E-state index is 9.03. The number of nitrogens with zero attached hydrogens (tertiary/aromatic N) is 2. The second-order valence-electron chi connectivity index (χ2n) is 9.66. The molecule has 0 radical (unpaired) electrons. The minimum Gasteiger partial charge on any atom is -0.493 e. The Balaban J connectivity index is 1.47. The Morgan fingerprint density at radius 3 is 1.51 bits per heavy atom. The van der Waals surface area contributed by atoms with Gasteiger partial charge in [-0.2, -0.15) is 0 Å². The highest BCUT2D eigenvalue weighted by molar-refractivity contribution is 5.87. The first kappa shape index (κ1) is 28.7. The summed E-state index contributed by atoms with van der Waals surface area (Å²) >= 11 is 0. The summed E-state index contributed by atoms with van der Waals surface area (Å²) in [7, 11) is 3.19. The summed E-state index contributed by atoms with van der Waals surface area (Å²) in [4.78, 5) is 0. The van der Waals surface area contributed by atoms with Crippen molar-refractivity contribution < 1.29 is 57.3 Å². The molecule has 226 valence electrons. The Morgan fingerprint density at radius 2 is 1.09 bits per heavy atom. The van der Waals surface area contributed by atoms with E-state index in [-0.39, 0.29) is 52.9 Å². The van der Waals surface area contributed by atoms with Crippen molar-refractivity contribution in [2.75, 3.05) is 67.1 Å². The normalized spacial score (nSPS) is 14.9. The van der Waals surface area contributed by atoms with Gasteiger partial charge in [-0.3, -0.25) is 0 Å². The van der Waals surface area contributed by atoms with Crippen molar-refractivity contribution in [3.8, 4) is 34.5 Å². The fourth-order valence-corrected chi connectivity index (χ4v) is 5.20. The third-order valence-corrected chi connectivity index (χ3v) is 7.08. The van der Waals surface area contributed by atoms with Crippen LogP contribution in [0.2, 0.25) is 0 Å². The molecule has 0 atom stereocenters. The molecule has 3 aliphatic heterocycles. The number of rotatable bonds is 14. The van der Waals surface area contributed by atoms with Crippen molar-refractivity contribution in [2.45, 2.75) is 6.03 Å². The first-order valence-corrected chi connectivity index (χ1v) is 13.9. The van der Waals surface area contributed by atoms with E-state index < -0.39 is 6.03 Å². The van der Waals surface area contributed by atoms with Crippen molar-refractivity contribution in [2.24, 2.45) is 0 Å². The predicted molar refractivity (Wildman–Crippen MR) is 153 cm³/mol. The molecule has 2 N–H and O–H groups in total. The molecule has 0 amide bonds. The highest BCUT2D eigenvalue weighted by atomic mass is 16.8. The molecule has 12 nitrogen and oxygen atoms in total. The van der Waals surface area contributed by atoms with E-state index in [9.17, 15) is 0 Å². The number of para-hydroxylation sites is 2. The maximum absolute atomic E-state index is 9.03. The molecule has 3 heterocycles. The summed E-state index contributed by atoms with van der Waals surface area (Å²) in [5.41, 5.74) is 3.08. The van der Waals surface area contributed by atoms with Gasteiger partial charge in [-0.15, -0.1) is 0 Å². The van der Waals surface area contributed by atoms with Gasteiger partial charge >= 0.3 is 6.03 Å². The number of aliphatic hydroxyl groups excluding tert-OH is 2. The number of fused-ring (bicyclic) bond motifs is 5. The lowest BCUT2D eigenvalue weighted by Crippen LogP contribution is -2.58. The van der Waals surface area contributed by atoms with E-state index in [1.165, 1.54) is 0 Å². The third-order valence-electron chi connectivity index (χ3n) is 7.08. The van der Waals surface area contributed by atoms with Gasteiger partial charge in [0, 0.05) is 0 Å². The van der Waals surface area contributed by atoms with Crippen molar-refractivity contribution in [3.63, 3.8) is 0 Å². The van der Waals surface area contributed by atoms with Crippen LogP contribution in [-0.4, -0.2) is 105 Å². The molecule has 12 heteroatoms. The van der Waals surface area contributed by atoms with Gasteiger partial charge in [0.1, 0.15) is 13.2 Å². The van der Waals surface area contributed by atoms with E-state index in [4.69, 9.17) is 48.1 Å². The average Bonchev–Trinajstić information content (AvgIpc) is 3.29. The Hall–Kier alpha value is -4.36. The van der Waals surface area contributed by atoms with Gasteiger partial charge < -0.3 is 48.1 Å². The highest BCUT2D eigenvalue weighted by Gasteiger charge is 2.73. The summed E-state index contributed by atoms with van der Waals surface area (Å²) < 4.78 is 51.6. The first-order valence-electron chi connectivity index (χ1n) is 13.9. The van der Waals surface area contributed by atoms with E-state index in [2.05, 4.69) is 0 Å². The zero-order chi connectivity index (χ0) is 29.8. The molecule has 0 aliphatic carbocycles. The molecule has 0 aromatic heterocycles. The lowest BCUT2D eigenvalue weighted by molar-refractivity contribution is -0.831. The van der Waals surface area contributed by atoms with Gasteiger partial charge in [-0.1, -0.05) is 12.1 Å². The fourth-order valence-electron chi connectivity index (χ4n) is 5.20. The summed E-state index contributed by atoms with van der Waals surface area (Å²) in [5.74, 6) is 3.13. The number of ether oxygens (including phenoxy) is 8. The van der Waals surface area contributed by atoms with E-state index in [1.807, 2.05) is 70.1 Å². The van der Waals surface area contributed by atoms with Crippen LogP contribution in [0.3, 0.4) is 0 Å². The lowest BCUT2D eigenvalue weighted by Gasteiger charge is -2.27. The largest absolute Gasteiger partial charge is 0.715 e. The predicted octanol–water partition coefficient (Wildman–Crippen LogP) is 2.42. The summed E-state index contributed by atoms with van der Waals surface area (Å²) in [6.45, 7) is 1.33. The third kappa shape index (κ3) is 5.23. The Kier molecular flexibility index (Phi) is 8.34.